The molecule has 0 heterocycles. The van der Waals surface area contributed by atoms with E-state index in [0.717, 1.165) is 32.1 Å². The molecule has 1 amide bonds. The molecule has 0 radical (unpaired) electrons. The van der Waals surface area contributed by atoms with Gasteiger partial charge in [-0.2, -0.15) is 0 Å². The Morgan fingerprint density at radius 2 is 1.00 bits per heavy atom. The minimum Gasteiger partial charge on any atom is -0.466 e. The average Bonchev–Trinajstić information content (AvgIpc) is 2.92. The molecule has 0 saturated carbocycles. The van der Waals surface area contributed by atoms with Gasteiger partial charge < -0.3 is 14.8 Å². The number of carbonyl (C=O) groups is 3. The molecule has 0 aliphatic heterocycles. The number of alkyl halides is 1. The third-order valence-corrected chi connectivity index (χ3v) is 7.12. The first-order valence-electron chi connectivity index (χ1n) is 15.7. The second kappa shape index (κ2) is 28.7. The zero-order chi connectivity index (χ0) is 28.1. The molecule has 0 unspecified atom stereocenters. The van der Waals surface area contributed by atoms with Crippen LogP contribution in [0.5, 0.6) is 0 Å². The molecule has 0 spiro atoms. The highest BCUT2D eigenvalue weighted by atomic mass is 35.5. The lowest BCUT2D eigenvalue weighted by Crippen LogP contribution is -2.43. The normalized spacial score (nSPS) is 11.8. The number of carbonyl (C=O) groups excluding carboxylic acids is 3. The quantitative estimate of drug-likeness (QED) is 0.0591. The fraction of sp³-hybridized carbons (Fsp3) is 0.903. The maximum Gasteiger partial charge on any atom is 0.328 e. The Bertz CT molecular complexity index is 572. The molecule has 0 aromatic rings. The fourth-order valence-electron chi connectivity index (χ4n) is 4.45. The number of unbranched alkanes of at least 4 members (excludes halogenated alkanes) is 18. The van der Waals surface area contributed by atoms with Crippen LogP contribution in [0.1, 0.15) is 155 Å². The Morgan fingerprint density at radius 3 is 1.42 bits per heavy atom. The average molecular weight is 560 g/mol. The third kappa shape index (κ3) is 25.0. The molecule has 7 heteroatoms. The molecule has 0 bridgehead atoms. The third-order valence-electron chi connectivity index (χ3n) is 6.88. The van der Waals surface area contributed by atoms with Gasteiger partial charge in [-0.25, -0.2) is 4.79 Å². The summed E-state index contributed by atoms with van der Waals surface area (Å²) in [6.45, 7) is 5.19. The second-order valence-corrected chi connectivity index (χ2v) is 10.8. The van der Waals surface area contributed by atoms with Crippen LogP contribution in [0.3, 0.4) is 0 Å². The van der Waals surface area contributed by atoms with Gasteiger partial charge in [-0.15, -0.1) is 11.6 Å². The summed E-state index contributed by atoms with van der Waals surface area (Å²) in [6.07, 6.45) is 24.5. The van der Waals surface area contributed by atoms with Crippen LogP contribution in [0.15, 0.2) is 0 Å². The first-order chi connectivity index (χ1) is 18.5. The zero-order valence-electron chi connectivity index (χ0n) is 24.7. The molecule has 6 nitrogen and oxygen atoms in total. The Balaban J connectivity index is 3.94. The van der Waals surface area contributed by atoms with E-state index in [9.17, 15) is 14.4 Å². The summed E-state index contributed by atoms with van der Waals surface area (Å²) >= 11 is 5.59. The Morgan fingerprint density at radius 1 is 0.605 bits per heavy atom. The Kier molecular flexibility index (Phi) is 27.7. The van der Waals surface area contributed by atoms with Crippen molar-refractivity contribution in [2.24, 2.45) is 0 Å². The number of nitrogens with one attached hydrogen (secondary N) is 1. The highest BCUT2D eigenvalue weighted by Crippen LogP contribution is 2.12. The number of hydrogen-bond donors (Lipinski definition) is 1. The van der Waals surface area contributed by atoms with E-state index < -0.39 is 17.9 Å². The van der Waals surface area contributed by atoms with Crippen molar-refractivity contribution >= 4 is 29.4 Å². The zero-order valence-corrected chi connectivity index (χ0v) is 25.4. The first kappa shape index (κ1) is 36.7. The van der Waals surface area contributed by atoms with Crippen molar-refractivity contribution in [1.82, 2.24) is 5.32 Å². The number of amides is 1. The molecule has 0 aromatic carbocycles. The molecule has 0 aromatic heterocycles. The minimum atomic E-state index is -0.880. The molecule has 0 rings (SSSR count). The minimum absolute atomic E-state index is 0.0539. The van der Waals surface area contributed by atoms with Crippen molar-refractivity contribution < 1.29 is 23.9 Å². The van der Waals surface area contributed by atoms with Crippen molar-refractivity contribution in [3.63, 3.8) is 0 Å². The van der Waals surface area contributed by atoms with E-state index in [1.165, 1.54) is 96.3 Å². The van der Waals surface area contributed by atoms with Gasteiger partial charge in [0.25, 0.3) is 0 Å². The van der Waals surface area contributed by atoms with Crippen molar-refractivity contribution in [3.05, 3.63) is 0 Å². The monoisotopic (exact) mass is 559 g/mol. The topological polar surface area (TPSA) is 81.7 Å². The molecule has 0 fully saturated rings. The van der Waals surface area contributed by atoms with E-state index in [0.29, 0.717) is 13.2 Å². The highest BCUT2D eigenvalue weighted by Gasteiger charge is 2.23. The lowest BCUT2D eigenvalue weighted by molar-refractivity contribution is -0.149. The van der Waals surface area contributed by atoms with Crippen molar-refractivity contribution in [2.45, 2.75) is 161 Å². The van der Waals surface area contributed by atoms with Gasteiger partial charge in [0.05, 0.1) is 13.2 Å². The largest absolute Gasteiger partial charge is 0.466 e. The predicted molar refractivity (Wildman–Crippen MR) is 157 cm³/mol. The van der Waals surface area contributed by atoms with E-state index in [4.69, 9.17) is 21.1 Å². The van der Waals surface area contributed by atoms with Crippen LogP contribution in [-0.4, -0.2) is 43.0 Å². The summed E-state index contributed by atoms with van der Waals surface area (Å²) in [7, 11) is 0. The van der Waals surface area contributed by atoms with Crippen molar-refractivity contribution in [2.75, 3.05) is 19.1 Å². The van der Waals surface area contributed by atoms with Crippen LogP contribution < -0.4 is 5.32 Å². The van der Waals surface area contributed by atoms with Gasteiger partial charge >= 0.3 is 11.9 Å². The van der Waals surface area contributed by atoms with Gasteiger partial charge in [0.1, 0.15) is 11.9 Å². The summed E-state index contributed by atoms with van der Waals surface area (Å²) < 4.78 is 10.7. The SMILES string of the molecule is CCCCCCCCCCCCOC(=O)CC[C@H](NC(=O)CCl)C(=O)OCCCCCCCCCCCC. The van der Waals surface area contributed by atoms with E-state index in [1.54, 1.807) is 0 Å². The summed E-state index contributed by atoms with van der Waals surface area (Å²) in [5, 5.41) is 2.57. The Labute approximate surface area is 238 Å². The summed E-state index contributed by atoms with van der Waals surface area (Å²) in [5.41, 5.74) is 0. The van der Waals surface area contributed by atoms with Gasteiger partial charge in [-0.3, -0.25) is 9.59 Å². The first-order valence-corrected chi connectivity index (χ1v) is 16.3. The van der Waals surface area contributed by atoms with Crippen LogP contribution >= 0.6 is 11.6 Å². The van der Waals surface area contributed by atoms with Crippen LogP contribution in [0.2, 0.25) is 0 Å². The number of esters is 2. The summed E-state index contributed by atoms with van der Waals surface area (Å²) in [4.78, 5) is 36.4. The second-order valence-electron chi connectivity index (χ2n) is 10.5. The molecular weight excluding hydrogens is 502 g/mol. The number of ether oxygens (including phenoxy) is 2. The maximum absolute atomic E-state index is 12.5. The lowest BCUT2D eigenvalue weighted by atomic mass is 10.1. The Hall–Kier alpha value is -1.30. The molecule has 1 N–H and O–H groups in total. The molecule has 0 saturated heterocycles. The molecular formula is C31H58ClNO5. The number of hydrogen-bond acceptors (Lipinski definition) is 5. The van der Waals surface area contributed by atoms with Gasteiger partial charge in [0, 0.05) is 6.42 Å². The van der Waals surface area contributed by atoms with Crippen LogP contribution in [-0.2, 0) is 23.9 Å². The highest BCUT2D eigenvalue weighted by molar-refractivity contribution is 6.27. The van der Waals surface area contributed by atoms with Crippen LogP contribution in [0, 0.1) is 0 Å². The summed E-state index contributed by atoms with van der Waals surface area (Å²) in [6, 6.07) is -0.880. The molecule has 0 aliphatic rings. The fourth-order valence-corrected chi connectivity index (χ4v) is 4.53. The molecule has 224 valence electrons. The van der Waals surface area contributed by atoms with E-state index in [2.05, 4.69) is 19.2 Å². The van der Waals surface area contributed by atoms with Gasteiger partial charge in [-0.1, -0.05) is 129 Å². The predicted octanol–water partition coefficient (Wildman–Crippen LogP) is 8.42. The van der Waals surface area contributed by atoms with Crippen molar-refractivity contribution in [3.8, 4) is 0 Å². The lowest BCUT2D eigenvalue weighted by Gasteiger charge is -2.17. The van der Waals surface area contributed by atoms with E-state index in [1.807, 2.05) is 0 Å². The molecule has 1 atom stereocenters. The maximum atomic E-state index is 12.5. The molecule has 38 heavy (non-hydrogen) atoms. The van der Waals surface area contributed by atoms with Crippen LogP contribution in [0.25, 0.3) is 0 Å². The summed E-state index contributed by atoms with van der Waals surface area (Å²) in [5.74, 6) is -1.56. The number of rotatable bonds is 28. The van der Waals surface area contributed by atoms with Gasteiger partial charge in [-0.05, 0) is 19.3 Å². The smallest absolute Gasteiger partial charge is 0.328 e. The van der Waals surface area contributed by atoms with E-state index in [-0.39, 0.29) is 24.7 Å². The van der Waals surface area contributed by atoms with E-state index >= 15 is 0 Å². The van der Waals surface area contributed by atoms with Gasteiger partial charge in [0.15, 0.2) is 0 Å². The van der Waals surface area contributed by atoms with Gasteiger partial charge in [0.2, 0.25) is 5.91 Å². The van der Waals surface area contributed by atoms with Crippen LogP contribution in [0.4, 0.5) is 0 Å². The van der Waals surface area contributed by atoms with Crippen molar-refractivity contribution in [1.29, 1.82) is 0 Å². The molecule has 0 aliphatic carbocycles. The number of halogens is 1. The standard InChI is InChI=1S/C31H58ClNO5/c1-3-5-7-9-11-13-15-17-19-21-25-37-30(35)24-23-28(33-29(34)27-32)31(36)38-26-22-20-18-16-14-12-10-8-6-4-2/h28H,3-27H2,1-2H3,(H,33,34)/t28-/m0/s1.